The minimum atomic E-state index is -0.0490. The summed E-state index contributed by atoms with van der Waals surface area (Å²) in [5.74, 6) is 0.996. The number of rotatable bonds is 3. The molecule has 3 heterocycles. The third kappa shape index (κ3) is 3.28. The first-order chi connectivity index (χ1) is 14.7. The van der Waals surface area contributed by atoms with E-state index in [1.165, 1.54) is 6.42 Å². The predicted octanol–water partition coefficient (Wildman–Crippen LogP) is 4.76. The number of aromatic nitrogens is 1. The molecule has 6 nitrogen and oxygen atoms in total. The highest BCUT2D eigenvalue weighted by Crippen LogP contribution is 2.37. The molecule has 1 amide bonds. The van der Waals surface area contributed by atoms with E-state index in [0.29, 0.717) is 11.5 Å². The van der Waals surface area contributed by atoms with Crippen LogP contribution in [0.3, 0.4) is 0 Å². The Morgan fingerprint density at radius 3 is 2.53 bits per heavy atom. The molecular weight excluding hydrogens is 378 g/mol. The number of carbonyl (C=O) groups excluding carboxylic acids is 1. The smallest absolute Gasteiger partial charge is 0.289 e. The van der Waals surface area contributed by atoms with Crippen LogP contribution in [0.2, 0.25) is 0 Å². The number of piperidine rings is 1. The first-order valence-corrected chi connectivity index (χ1v) is 10.4. The Kier molecular flexibility index (Phi) is 4.83. The molecule has 30 heavy (non-hydrogen) atoms. The van der Waals surface area contributed by atoms with Gasteiger partial charge in [0.15, 0.2) is 5.76 Å². The van der Waals surface area contributed by atoms with Gasteiger partial charge in [0, 0.05) is 42.2 Å². The predicted molar refractivity (Wildman–Crippen MR) is 114 cm³/mol. The van der Waals surface area contributed by atoms with Crippen LogP contribution in [-0.4, -0.2) is 39.8 Å². The summed E-state index contributed by atoms with van der Waals surface area (Å²) in [4.78, 5) is 19.1. The lowest BCUT2D eigenvalue weighted by atomic mass is 9.98. The van der Waals surface area contributed by atoms with Gasteiger partial charge >= 0.3 is 0 Å². The molecule has 0 saturated carbocycles. The van der Waals surface area contributed by atoms with E-state index in [1.807, 2.05) is 35.2 Å². The van der Waals surface area contributed by atoms with Crippen molar-refractivity contribution in [3.63, 3.8) is 0 Å². The summed E-state index contributed by atoms with van der Waals surface area (Å²) >= 11 is 0. The maximum Gasteiger partial charge on any atom is 0.289 e. The Morgan fingerprint density at radius 1 is 0.967 bits per heavy atom. The molecule has 2 aliphatic rings. The number of amides is 1. The molecule has 1 aliphatic carbocycles. The Hall–Kier alpha value is -3.41. The topological polar surface area (TPSA) is 78.9 Å². The van der Waals surface area contributed by atoms with Crippen molar-refractivity contribution in [2.75, 3.05) is 13.1 Å². The highest BCUT2D eigenvalue weighted by molar-refractivity contribution is 6.05. The van der Waals surface area contributed by atoms with Crippen LogP contribution in [0.25, 0.3) is 22.5 Å². The minimum Gasteiger partial charge on any atom is -0.450 e. The van der Waals surface area contributed by atoms with Crippen LogP contribution in [0.15, 0.2) is 58.4 Å². The van der Waals surface area contributed by atoms with E-state index in [-0.39, 0.29) is 5.91 Å². The SMILES string of the molecule is O=C(c1cc(-c2ccc3c(c2)CC/C3=N\O)c(-c2ccncc2)o1)N1CCCCC1. The number of likely N-dealkylation sites (tertiary alicyclic amines) is 1. The van der Waals surface area contributed by atoms with Gasteiger partial charge in [0.05, 0.1) is 5.71 Å². The van der Waals surface area contributed by atoms with Crippen molar-refractivity contribution in [3.8, 4) is 22.5 Å². The molecule has 1 aliphatic heterocycles. The molecule has 5 rings (SSSR count). The van der Waals surface area contributed by atoms with Crippen molar-refractivity contribution in [2.24, 2.45) is 5.16 Å². The molecule has 1 saturated heterocycles. The molecular formula is C24H23N3O3. The van der Waals surface area contributed by atoms with Gasteiger partial charge in [-0.3, -0.25) is 9.78 Å². The summed E-state index contributed by atoms with van der Waals surface area (Å²) in [7, 11) is 0. The number of fused-ring (bicyclic) bond motifs is 1. The molecule has 0 bridgehead atoms. The number of furan rings is 1. The van der Waals surface area contributed by atoms with E-state index in [4.69, 9.17) is 4.42 Å². The average Bonchev–Trinajstić information content (AvgIpc) is 3.44. The number of oxime groups is 1. The van der Waals surface area contributed by atoms with E-state index < -0.39 is 0 Å². The summed E-state index contributed by atoms with van der Waals surface area (Å²) in [6, 6.07) is 11.7. The molecule has 1 aromatic carbocycles. The van der Waals surface area contributed by atoms with Crippen molar-refractivity contribution in [1.29, 1.82) is 0 Å². The minimum absolute atomic E-state index is 0.0490. The zero-order valence-corrected chi connectivity index (χ0v) is 16.7. The second-order valence-corrected chi connectivity index (χ2v) is 7.86. The van der Waals surface area contributed by atoms with Crippen LogP contribution in [0.4, 0.5) is 0 Å². The molecule has 0 unspecified atom stereocenters. The normalized spacial score (nSPS) is 17.3. The summed E-state index contributed by atoms with van der Waals surface area (Å²) in [5.41, 5.74) is 5.61. The quantitative estimate of drug-likeness (QED) is 0.507. The van der Waals surface area contributed by atoms with Crippen molar-refractivity contribution in [2.45, 2.75) is 32.1 Å². The van der Waals surface area contributed by atoms with Gasteiger partial charge in [0.2, 0.25) is 0 Å². The summed E-state index contributed by atoms with van der Waals surface area (Å²) in [5, 5.41) is 12.6. The fourth-order valence-electron chi connectivity index (χ4n) is 4.42. The molecule has 6 heteroatoms. The fraction of sp³-hybridized carbons (Fsp3) is 0.292. The summed E-state index contributed by atoms with van der Waals surface area (Å²) in [6.07, 6.45) is 8.26. The number of carbonyl (C=O) groups is 1. The molecule has 1 N–H and O–H groups in total. The highest BCUT2D eigenvalue weighted by Gasteiger charge is 2.26. The van der Waals surface area contributed by atoms with Crippen LogP contribution in [0.5, 0.6) is 0 Å². The van der Waals surface area contributed by atoms with Crippen LogP contribution < -0.4 is 0 Å². The first-order valence-electron chi connectivity index (χ1n) is 10.4. The third-order valence-corrected chi connectivity index (χ3v) is 6.01. The Morgan fingerprint density at radius 2 is 1.77 bits per heavy atom. The third-order valence-electron chi connectivity index (χ3n) is 6.01. The standard InChI is InChI=1S/C24H23N3O3/c28-24(27-12-2-1-3-13-27)22-15-20(23(30-22)16-8-10-25-11-9-16)18-4-6-19-17(14-18)5-7-21(19)26-29/h4,6,8-11,14-15,29H,1-3,5,7,12-13H2/b26-21+. The largest absolute Gasteiger partial charge is 0.450 e. The Labute approximate surface area is 174 Å². The maximum absolute atomic E-state index is 13.1. The maximum atomic E-state index is 13.1. The van der Waals surface area contributed by atoms with Gasteiger partial charge in [-0.2, -0.15) is 0 Å². The Balaban J connectivity index is 1.58. The van der Waals surface area contributed by atoms with Crippen LogP contribution >= 0.6 is 0 Å². The van der Waals surface area contributed by atoms with Gasteiger partial charge in [0.25, 0.3) is 5.91 Å². The van der Waals surface area contributed by atoms with Crippen molar-refractivity contribution < 1.29 is 14.4 Å². The average molecular weight is 401 g/mol. The zero-order chi connectivity index (χ0) is 20.5. The number of hydrogen-bond acceptors (Lipinski definition) is 5. The number of aryl methyl sites for hydroxylation is 1. The molecule has 152 valence electrons. The van der Waals surface area contributed by atoms with E-state index in [2.05, 4.69) is 16.2 Å². The number of benzene rings is 1. The highest BCUT2D eigenvalue weighted by atomic mass is 16.4. The van der Waals surface area contributed by atoms with Crippen molar-refractivity contribution >= 4 is 11.6 Å². The van der Waals surface area contributed by atoms with Crippen LogP contribution in [0, 0.1) is 0 Å². The molecule has 0 spiro atoms. The number of pyridine rings is 1. The van der Waals surface area contributed by atoms with Gasteiger partial charge in [-0.1, -0.05) is 23.4 Å². The van der Waals surface area contributed by atoms with Crippen molar-refractivity contribution in [1.82, 2.24) is 9.88 Å². The van der Waals surface area contributed by atoms with Gasteiger partial charge in [0.1, 0.15) is 5.76 Å². The second kappa shape index (κ2) is 7.78. The lowest BCUT2D eigenvalue weighted by Crippen LogP contribution is -2.35. The monoisotopic (exact) mass is 401 g/mol. The van der Waals surface area contributed by atoms with Crippen LogP contribution in [-0.2, 0) is 6.42 Å². The summed E-state index contributed by atoms with van der Waals surface area (Å²) in [6.45, 7) is 1.56. The zero-order valence-electron chi connectivity index (χ0n) is 16.7. The van der Waals surface area contributed by atoms with Crippen LogP contribution in [0.1, 0.15) is 47.4 Å². The molecule has 1 fully saturated rings. The lowest BCUT2D eigenvalue weighted by molar-refractivity contribution is 0.0693. The molecule has 0 radical (unpaired) electrons. The van der Waals surface area contributed by atoms with Gasteiger partial charge < -0.3 is 14.5 Å². The van der Waals surface area contributed by atoms with Crippen molar-refractivity contribution in [3.05, 3.63) is 65.7 Å². The van der Waals surface area contributed by atoms with Gasteiger partial charge in [-0.05, 0) is 61.4 Å². The lowest BCUT2D eigenvalue weighted by Gasteiger charge is -2.25. The number of nitrogens with zero attached hydrogens (tertiary/aromatic N) is 3. The van der Waals surface area contributed by atoms with Gasteiger partial charge in [-0.25, -0.2) is 0 Å². The molecule has 2 aromatic heterocycles. The van der Waals surface area contributed by atoms with E-state index in [9.17, 15) is 10.0 Å². The number of hydrogen-bond donors (Lipinski definition) is 1. The fourth-order valence-corrected chi connectivity index (χ4v) is 4.42. The van der Waals surface area contributed by atoms with Gasteiger partial charge in [-0.15, -0.1) is 0 Å². The van der Waals surface area contributed by atoms with E-state index in [0.717, 1.165) is 72.3 Å². The Bertz CT molecular complexity index is 1110. The summed E-state index contributed by atoms with van der Waals surface area (Å²) < 4.78 is 6.15. The van der Waals surface area contributed by atoms with E-state index in [1.54, 1.807) is 12.4 Å². The first kappa shape index (κ1) is 18.6. The second-order valence-electron chi connectivity index (χ2n) is 7.86. The molecule has 0 atom stereocenters. The molecule has 3 aromatic rings. The van der Waals surface area contributed by atoms with E-state index >= 15 is 0 Å².